The minimum atomic E-state index is -0.468. The van der Waals surface area contributed by atoms with Crippen molar-refractivity contribution >= 4 is 45.5 Å². The zero-order valence-electron chi connectivity index (χ0n) is 15.7. The Balaban J connectivity index is 1.74. The molecule has 1 aromatic carbocycles. The average molecular weight is 418 g/mol. The molecule has 0 aliphatic heterocycles. The third kappa shape index (κ3) is 4.69. The normalized spacial score (nSPS) is 13.6. The number of aryl methyl sites for hydroxylation is 1. The van der Waals surface area contributed by atoms with Crippen LogP contribution in [0.25, 0.3) is 0 Å². The van der Waals surface area contributed by atoms with Gasteiger partial charge in [0.1, 0.15) is 10.8 Å². The van der Waals surface area contributed by atoms with Crippen LogP contribution in [0.2, 0.25) is 0 Å². The van der Waals surface area contributed by atoms with E-state index in [1.54, 1.807) is 31.4 Å². The second-order valence-corrected chi connectivity index (χ2v) is 8.14. The van der Waals surface area contributed by atoms with Gasteiger partial charge in [0, 0.05) is 10.4 Å². The van der Waals surface area contributed by atoms with E-state index in [-0.39, 0.29) is 11.0 Å². The molecule has 1 heterocycles. The summed E-state index contributed by atoms with van der Waals surface area (Å²) >= 11 is 6.79. The lowest BCUT2D eigenvalue weighted by atomic mass is 9.96. The number of thiocarbonyl (C=S) groups is 1. The molecule has 1 aliphatic carbocycles. The molecule has 2 aromatic rings. The molecule has 3 rings (SSSR count). The number of nitrogens with two attached hydrogens (primary N) is 1. The van der Waals surface area contributed by atoms with E-state index >= 15 is 0 Å². The van der Waals surface area contributed by atoms with Crippen LogP contribution in [0.5, 0.6) is 5.75 Å². The smallest absolute Gasteiger partial charge is 0.257 e. The topological polar surface area (TPSA) is 93.4 Å². The average Bonchev–Trinajstić information content (AvgIpc) is 2.97. The van der Waals surface area contributed by atoms with E-state index in [1.165, 1.54) is 22.6 Å². The van der Waals surface area contributed by atoms with Crippen molar-refractivity contribution in [2.45, 2.75) is 38.5 Å². The quantitative estimate of drug-likeness (QED) is 0.661. The maximum atomic E-state index is 12.4. The molecule has 0 unspecified atom stereocenters. The van der Waals surface area contributed by atoms with Gasteiger partial charge < -0.3 is 15.8 Å². The molecule has 1 aromatic heterocycles. The lowest BCUT2D eigenvalue weighted by Gasteiger charge is -2.11. The Morgan fingerprint density at radius 2 is 1.79 bits per heavy atom. The maximum Gasteiger partial charge on any atom is 0.257 e. The summed E-state index contributed by atoms with van der Waals surface area (Å²) < 4.78 is 5.09. The number of rotatable bonds is 4. The predicted molar refractivity (Wildman–Crippen MR) is 115 cm³/mol. The number of hydrogen-bond acceptors (Lipinski definition) is 5. The summed E-state index contributed by atoms with van der Waals surface area (Å²) in [4.78, 5) is 25.6. The molecule has 0 fully saturated rings. The van der Waals surface area contributed by atoms with Gasteiger partial charge in [0.15, 0.2) is 5.11 Å². The Labute approximate surface area is 173 Å². The monoisotopic (exact) mass is 417 g/mol. The number of thiophene rings is 1. The van der Waals surface area contributed by atoms with E-state index < -0.39 is 5.91 Å². The molecule has 0 saturated heterocycles. The van der Waals surface area contributed by atoms with Crippen molar-refractivity contribution in [2.24, 2.45) is 5.73 Å². The molecule has 1 aliphatic rings. The van der Waals surface area contributed by atoms with Crippen LogP contribution in [0.3, 0.4) is 0 Å². The number of anilines is 1. The van der Waals surface area contributed by atoms with Crippen LogP contribution >= 0.6 is 23.6 Å². The summed E-state index contributed by atoms with van der Waals surface area (Å²) in [6.07, 6.45) is 6.28. The fraction of sp³-hybridized carbons (Fsp3) is 0.350. The second kappa shape index (κ2) is 9.16. The van der Waals surface area contributed by atoms with Gasteiger partial charge in [-0.15, -0.1) is 11.3 Å². The Morgan fingerprint density at radius 3 is 2.43 bits per heavy atom. The maximum absolute atomic E-state index is 12.4. The Hall–Kier alpha value is -2.45. The van der Waals surface area contributed by atoms with Crippen LogP contribution in [0.15, 0.2) is 24.3 Å². The highest BCUT2D eigenvalue weighted by molar-refractivity contribution is 7.80. The lowest BCUT2D eigenvalue weighted by Crippen LogP contribution is -2.34. The SMILES string of the molecule is COc1ccc(C(=O)NC(=S)Nc2sc3c(c2C(N)=O)CCCCCC3)cc1. The molecule has 0 bridgehead atoms. The number of nitrogens with one attached hydrogen (secondary N) is 2. The molecule has 8 heteroatoms. The third-order valence-corrected chi connectivity index (χ3v) is 6.14. The largest absolute Gasteiger partial charge is 0.497 e. The summed E-state index contributed by atoms with van der Waals surface area (Å²) in [6.45, 7) is 0. The molecule has 2 amide bonds. The van der Waals surface area contributed by atoms with E-state index in [0.717, 1.165) is 37.7 Å². The first-order chi connectivity index (χ1) is 13.5. The summed E-state index contributed by atoms with van der Waals surface area (Å²) in [7, 11) is 1.56. The van der Waals surface area contributed by atoms with E-state index in [4.69, 9.17) is 22.7 Å². The fourth-order valence-electron chi connectivity index (χ4n) is 3.32. The Kier molecular flexibility index (Phi) is 6.64. The first kappa shape index (κ1) is 20.3. The van der Waals surface area contributed by atoms with Gasteiger partial charge >= 0.3 is 0 Å². The van der Waals surface area contributed by atoms with Crippen LogP contribution in [0.4, 0.5) is 5.00 Å². The number of carbonyl (C=O) groups is 2. The molecule has 4 N–H and O–H groups in total. The van der Waals surface area contributed by atoms with Crippen molar-refractivity contribution in [3.8, 4) is 5.75 Å². The first-order valence-electron chi connectivity index (χ1n) is 9.20. The van der Waals surface area contributed by atoms with Crippen LogP contribution in [-0.2, 0) is 12.8 Å². The van der Waals surface area contributed by atoms with Crippen LogP contribution in [0.1, 0.15) is 56.8 Å². The first-order valence-corrected chi connectivity index (χ1v) is 10.4. The van der Waals surface area contributed by atoms with E-state index in [9.17, 15) is 9.59 Å². The number of fused-ring (bicyclic) bond motifs is 1. The Morgan fingerprint density at radius 1 is 1.11 bits per heavy atom. The minimum absolute atomic E-state index is 0.137. The van der Waals surface area contributed by atoms with Crippen LogP contribution in [0, 0.1) is 0 Å². The van der Waals surface area contributed by atoms with Crippen LogP contribution < -0.4 is 21.1 Å². The van der Waals surface area contributed by atoms with E-state index in [1.807, 2.05) is 0 Å². The van der Waals surface area contributed by atoms with Crippen LogP contribution in [-0.4, -0.2) is 24.0 Å². The number of methoxy groups -OCH3 is 1. The number of primary amides is 1. The summed E-state index contributed by atoms with van der Waals surface area (Å²) in [5.41, 5.74) is 7.64. The minimum Gasteiger partial charge on any atom is -0.497 e. The molecule has 0 saturated carbocycles. The van der Waals surface area contributed by atoms with Gasteiger partial charge in [-0.3, -0.25) is 14.9 Å². The zero-order chi connectivity index (χ0) is 20.1. The number of carbonyl (C=O) groups excluding carboxylic acids is 2. The van der Waals surface area contributed by atoms with Gasteiger partial charge in [0.25, 0.3) is 11.8 Å². The summed E-state index contributed by atoms with van der Waals surface area (Å²) in [6, 6.07) is 6.72. The highest BCUT2D eigenvalue weighted by atomic mass is 32.1. The van der Waals surface area contributed by atoms with E-state index in [2.05, 4.69) is 10.6 Å². The summed E-state index contributed by atoms with van der Waals surface area (Å²) in [5, 5.41) is 6.40. The van der Waals surface area contributed by atoms with E-state index in [0.29, 0.717) is 21.9 Å². The van der Waals surface area contributed by atoms with Gasteiger partial charge in [-0.05, 0) is 67.7 Å². The highest BCUT2D eigenvalue weighted by Crippen LogP contribution is 2.36. The second-order valence-electron chi connectivity index (χ2n) is 6.62. The highest BCUT2D eigenvalue weighted by Gasteiger charge is 2.23. The fourth-order valence-corrected chi connectivity index (χ4v) is 4.88. The van der Waals surface area contributed by atoms with Gasteiger partial charge in [-0.1, -0.05) is 12.8 Å². The van der Waals surface area contributed by atoms with Crippen molar-refractivity contribution < 1.29 is 14.3 Å². The van der Waals surface area contributed by atoms with Crippen molar-refractivity contribution in [1.29, 1.82) is 0 Å². The lowest BCUT2D eigenvalue weighted by molar-refractivity contribution is 0.0975. The predicted octanol–water partition coefficient (Wildman–Crippen LogP) is 3.64. The number of ether oxygens (including phenoxy) is 1. The van der Waals surface area contributed by atoms with Crippen molar-refractivity contribution in [1.82, 2.24) is 5.32 Å². The van der Waals surface area contributed by atoms with Crippen molar-refractivity contribution in [2.75, 3.05) is 12.4 Å². The zero-order valence-corrected chi connectivity index (χ0v) is 17.3. The number of amides is 2. The van der Waals surface area contributed by atoms with Crippen molar-refractivity contribution in [3.63, 3.8) is 0 Å². The molecular formula is C20H23N3O3S2. The molecule has 148 valence electrons. The van der Waals surface area contributed by atoms with Gasteiger partial charge in [0.05, 0.1) is 12.7 Å². The molecule has 0 radical (unpaired) electrons. The third-order valence-electron chi connectivity index (χ3n) is 4.72. The molecular weight excluding hydrogens is 394 g/mol. The molecule has 0 spiro atoms. The van der Waals surface area contributed by atoms with Gasteiger partial charge in [-0.2, -0.15) is 0 Å². The number of hydrogen-bond donors (Lipinski definition) is 3. The van der Waals surface area contributed by atoms with Gasteiger partial charge in [0.2, 0.25) is 0 Å². The van der Waals surface area contributed by atoms with Gasteiger partial charge in [-0.25, -0.2) is 0 Å². The number of benzene rings is 1. The van der Waals surface area contributed by atoms with Crippen molar-refractivity contribution in [3.05, 3.63) is 45.8 Å². The molecule has 28 heavy (non-hydrogen) atoms. The molecule has 6 nitrogen and oxygen atoms in total. The summed E-state index contributed by atoms with van der Waals surface area (Å²) in [5.74, 6) is -0.139. The standard InChI is InChI=1S/C20H23N3O3S2/c1-26-13-10-8-12(9-11-13)18(25)22-20(27)23-19-16(17(21)24)14-6-4-2-3-5-7-15(14)28-19/h8-11H,2-7H2,1H3,(H2,21,24)(H2,22,23,25,27). The molecule has 0 atom stereocenters. The Bertz CT molecular complexity index is 891.